The van der Waals surface area contributed by atoms with Gasteiger partial charge in [-0.1, -0.05) is 0 Å². The van der Waals surface area contributed by atoms with E-state index in [0.29, 0.717) is 18.9 Å². The first-order valence-corrected chi connectivity index (χ1v) is 5.82. The number of amides is 1. The van der Waals surface area contributed by atoms with E-state index in [2.05, 4.69) is 5.32 Å². The fraction of sp³-hybridized carbons (Fsp3) is 0.417. The molecule has 19 heavy (non-hydrogen) atoms. The summed E-state index contributed by atoms with van der Waals surface area (Å²) >= 11 is 0. The van der Waals surface area contributed by atoms with E-state index in [1.807, 2.05) is 0 Å². The van der Waals surface area contributed by atoms with Gasteiger partial charge in [-0.25, -0.2) is 4.39 Å². The van der Waals surface area contributed by atoms with Crippen LogP contribution in [-0.4, -0.2) is 28.6 Å². The summed E-state index contributed by atoms with van der Waals surface area (Å²) in [6.07, 6.45) is 0.613. The quantitative estimate of drug-likeness (QED) is 0.466. The largest absolute Gasteiger partial charge is 0.393 e. The molecule has 1 amide bonds. The van der Waals surface area contributed by atoms with Crippen molar-refractivity contribution in [1.82, 2.24) is 5.32 Å². The Morgan fingerprint density at radius 1 is 1.58 bits per heavy atom. The van der Waals surface area contributed by atoms with E-state index in [4.69, 9.17) is 5.11 Å². The minimum absolute atomic E-state index is 0.177. The molecule has 0 spiro atoms. The van der Waals surface area contributed by atoms with Crippen LogP contribution in [0.2, 0.25) is 0 Å². The zero-order valence-corrected chi connectivity index (χ0v) is 10.4. The van der Waals surface area contributed by atoms with Crippen LogP contribution in [0.4, 0.5) is 10.1 Å². The Labute approximate surface area is 109 Å². The number of hydrogen-bond donors (Lipinski definition) is 2. The van der Waals surface area contributed by atoms with Crippen LogP contribution in [0.1, 0.15) is 30.1 Å². The van der Waals surface area contributed by atoms with Gasteiger partial charge in [0.15, 0.2) is 0 Å². The number of nitrogens with zero attached hydrogens (tertiary/aromatic N) is 1. The Balaban J connectivity index is 2.69. The van der Waals surface area contributed by atoms with Gasteiger partial charge in [0.1, 0.15) is 11.4 Å². The number of aliphatic hydroxyl groups is 1. The van der Waals surface area contributed by atoms with Gasteiger partial charge in [-0.05, 0) is 31.9 Å². The van der Waals surface area contributed by atoms with Crippen molar-refractivity contribution >= 4 is 11.6 Å². The van der Waals surface area contributed by atoms with Crippen LogP contribution < -0.4 is 5.32 Å². The number of hydrogen-bond acceptors (Lipinski definition) is 4. The van der Waals surface area contributed by atoms with Crippen molar-refractivity contribution in [2.75, 3.05) is 6.54 Å². The molecule has 0 saturated heterocycles. The molecule has 0 aliphatic rings. The minimum atomic E-state index is -0.798. The van der Waals surface area contributed by atoms with Gasteiger partial charge in [0.2, 0.25) is 0 Å². The van der Waals surface area contributed by atoms with Crippen molar-refractivity contribution in [2.45, 2.75) is 25.9 Å². The lowest BCUT2D eigenvalue weighted by molar-refractivity contribution is -0.385. The summed E-state index contributed by atoms with van der Waals surface area (Å²) < 4.78 is 12.9. The highest BCUT2D eigenvalue weighted by Gasteiger charge is 2.20. The molecule has 0 aliphatic heterocycles. The molecule has 7 heteroatoms. The lowest BCUT2D eigenvalue weighted by Crippen LogP contribution is -2.25. The third-order valence-corrected chi connectivity index (χ3v) is 2.49. The van der Waals surface area contributed by atoms with E-state index in [1.165, 1.54) is 0 Å². The van der Waals surface area contributed by atoms with Gasteiger partial charge >= 0.3 is 0 Å². The molecular weight excluding hydrogens is 255 g/mol. The monoisotopic (exact) mass is 270 g/mol. The molecular formula is C12H15FN2O4. The van der Waals surface area contributed by atoms with E-state index in [1.54, 1.807) is 6.92 Å². The Kier molecular flexibility index (Phi) is 5.37. The highest BCUT2D eigenvalue weighted by molar-refractivity contribution is 5.98. The van der Waals surface area contributed by atoms with E-state index in [0.717, 1.165) is 12.1 Å². The lowest BCUT2D eigenvalue weighted by Gasteiger charge is -2.07. The first-order chi connectivity index (χ1) is 8.91. The fourth-order valence-corrected chi connectivity index (χ4v) is 1.54. The molecule has 0 bridgehead atoms. The average molecular weight is 270 g/mol. The van der Waals surface area contributed by atoms with Crippen molar-refractivity contribution in [1.29, 1.82) is 0 Å². The smallest absolute Gasteiger partial charge is 0.285 e. The maximum absolute atomic E-state index is 12.9. The number of rotatable bonds is 6. The lowest BCUT2D eigenvalue weighted by atomic mass is 10.1. The summed E-state index contributed by atoms with van der Waals surface area (Å²) in [6, 6.07) is 2.79. The zero-order valence-electron chi connectivity index (χ0n) is 10.4. The second-order valence-corrected chi connectivity index (χ2v) is 4.17. The van der Waals surface area contributed by atoms with Crippen LogP contribution in [0.15, 0.2) is 18.2 Å². The minimum Gasteiger partial charge on any atom is -0.393 e. The van der Waals surface area contributed by atoms with Crippen molar-refractivity contribution in [3.05, 3.63) is 39.7 Å². The van der Waals surface area contributed by atoms with E-state index >= 15 is 0 Å². The molecule has 1 aromatic rings. The van der Waals surface area contributed by atoms with Crippen LogP contribution in [0.5, 0.6) is 0 Å². The number of carbonyl (C=O) groups is 1. The molecule has 6 nitrogen and oxygen atoms in total. The maximum Gasteiger partial charge on any atom is 0.285 e. The number of halogens is 1. The molecule has 0 saturated carbocycles. The second kappa shape index (κ2) is 6.79. The highest BCUT2D eigenvalue weighted by atomic mass is 19.1. The van der Waals surface area contributed by atoms with Gasteiger partial charge in [0.05, 0.1) is 17.1 Å². The van der Waals surface area contributed by atoms with Crippen LogP contribution in [-0.2, 0) is 0 Å². The number of nitro benzene ring substituents is 1. The summed E-state index contributed by atoms with van der Waals surface area (Å²) in [7, 11) is 0. The highest BCUT2D eigenvalue weighted by Crippen LogP contribution is 2.19. The third kappa shape index (κ3) is 4.63. The zero-order chi connectivity index (χ0) is 14.4. The summed E-state index contributed by atoms with van der Waals surface area (Å²) in [4.78, 5) is 21.7. The molecule has 1 unspecified atom stereocenters. The molecule has 0 aliphatic carbocycles. The fourth-order valence-electron chi connectivity index (χ4n) is 1.54. The number of nitro groups is 1. The topological polar surface area (TPSA) is 92.5 Å². The van der Waals surface area contributed by atoms with Crippen molar-refractivity contribution in [2.24, 2.45) is 0 Å². The van der Waals surface area contributed by atoms with Crippen molar-refractivity contribution < 1.29 is 19.2 Å². The number of aliphatic hydroxyl groups excluding tert-OH is 1. The molecule has 0 heterocycles. The first-order valence-electron chi connectivity index (χ1n) is 5.82. The molecule has 1 atom stereocenters. The summed E-state index contributed by atoms with van der Waals surface area (Å²) in [6.45, 7) is 1.92. The SMILES string of the molecule is CC(O)CCCNC(=O)c1ccc(F)cc1[N+](=O)[O-]. The maximum atomic E-state index is 12.9. The van der Waals surface area contributed by atoms with Gasteiger partial charge in [0.25, 0.3) is 11.6 Å². The Morgan fingerprint density at radius 3 is 2.84 bits per heavy atom. The molecule has 0 aromatic heterocycles. The summed E-state index contributed by atoms with van der Waals surface area (Å²) in [5.74, 6) is -1.39. The van der Waals surface area contributed by atoms with Crippen LogP contribution in [0.25, 0.3) is 0 Å². The van der Waals surface area contributed by atoms with Gasteiger partial charge in [-0.15, -0.1) is 0 Å². The van der Waals surface area contributed by atoms with Crippen molar-refractivity contribution in [3.8, 4) is 0 Å². The molecule has 0 fully saturated rings. The standard InChI is InChI=1S/C12H15FN2O4/c1-8(16)3-2-6-14-12(17)10-5-4-9(13)7-11(10)15(18)19/h4-5,7-8,16H,2-3,6H2,1H3,(H,14,17). The van der Waals surface area contributed by atoms with Crippen LogP contribution in [0, 0.1) is 15.9 Å². The molecule has 1 aromatic carbocycles. The predicted molar refractivity (Wildman–Crippen MR) is 66.3 cm³/mol. The molecule has 1 rings (SSSR count). The third-order valence-electron chi connectivity index (χ3n) is 2.49. The predicted octanol–water partition coefficient (Wildman–Crippen LogP) is 1.62. The van der Waals surface area contributed by atoms with Gasteiger partial charge in [-0.3, -0.25) is 14.9 Å². The van der Waals surface area contributed by atoms with Gasteiger partial charge in [-0.2, -0.15) is 0 Å². The van der Waals surface area contributed by atoms with E-state index in [9.17, 15) is 19.3 Å². The number of carbonyl (C=O) groups excluding carboxylic acids is 1. The Bertz CT molecular complexity index is 477. The first kappa shape index (κ1) is 15.0. The summed E-state index contributed by atoms with van der Waals surface area (Å²) in [5, 5.41) is 22.3. The van der Waals surface area contributed by atoms with Crippen LogP contribution >= 0.6 is 0 Å². The Hall–Kier alpha value is -2.02. The normalized spacial score (nSPS) is 11.9. The number of benzene rings is 1. The number of nitrogens with one attached hydrogen (secondary N) is 1. The average Bonchev–Trinajstić information content (AvgIpc) is 2.33. The Morgan fingerprint density at radius 2 is 2.26 bits per heavy atom. The van der Waals surface area contributed by atoms with Gasteiger partial charge < -0.3 is 10.4 Å². The van der Waals surface area contributed by atoms with Crippen LogP contribution in [0.3, 0.4) is 0 Å². The van der Waals surface area contributed by atoms with E-state index in [-0.39, 0.29) is 12.1 Å². The molecule has 0 radical (unpaired) electrons. The van der Waals surface area contributed by atoms with Crippen molar-refractivity contribution in [3.63, 3.8) is 0 Å². The summed E-state index contributed by atoms with van der Waals surface area (Å²) in [5.41, 5.74) is -0.739. The molecule has 104 valence electrons. The second-order valence-electron chi connectivity index (χ2n) is 4.17. The van der Waals surface area contributed by atoms with E-state index < -0.39 is 28.4 Å². The molecule has 2 N–H and O–H groups in total. The van der Waals surface area contributed by atoms with Gasteiger partial charge in [0, 0.05) is 6.54 Å².